The summed E-state index contributed by atoms with van der Waals surface area (Å²) >= 11 is 3.57. The van der Waals surface area contributed by atoms with Crippen molar-refractivity contribution in [2.24, 2.45) is 0 Å². The van der Waals surface area contributed by atoms with Crippen molar-refractivity contribution in [3.05, 3.63) is 64.3 Å². The van der Waals surface area contributed by atoms with Crippen molar-refractivity contribution in [3.63, 3.8) is 0 Å². The van der Waals surface area contributed by atoms with E-state index < -0.39 is 0 Å². The van der Waals surface area contributed by atoms with Gasteiger partial charge in [-0.15, -0.1) is 5.10 Å². The van der Waals surface area contributed by atoms with Gasteiger partial charge in [0.2, 0.25) is 0 Å². The first-order valence-corrected chi connectivity index (χ1v) is 8.93. The van der Waals surface area contributed by atoms with Crippen LogP contribution in [-0.4, -0.2) is 21.7 Å². The van der Waals surface area contributed by atoms with Crippen LogP contribution in [0.5, 0.6) is 0 Å². The van der Waals surface area contributed by atoms with E-state index in [-0.39, 0.29) is 0 Å². The van der Waals surface area contributed by atoms with Crippen LogP contribution >= 0.6 is 15.9 Å². The minimum atomic E-state index is 0.571. The number of aryl methyl sites for hydroxylation is 2. The highest BCUT2D eigenvalue weighted by Gasteiger charge is 2.12. The lowest BCUT2D eigenvalue weighted by Gasteiger charge is -2.21. The average Bonchev–Trinajstić information content (AvgIpc) is 2.59. The molecule has 5 nitrogen and oxygen atoms in total. The lowest BCUT2D eigenvalue weighted by Crippen LogP contribution is -2.19. The number of rotatable bonds is 5. The fraction of sp³-hybridized carbons (Fsp3) is 0.211. The molecule has 0 radical (unpaired) electrons. The Labute approximate surface area is 156 Å². The number of halogens is 1. The first-order valence-electron chi connectivity index (χ1n) is 8.14. The minimum Gasteiger partial charge on any atom is -0.338 e. The quantitative estimate of drug-likeness (QED) is 0.644. The van der Waals surface area contributed by atoms with E-state index in [0.29, 0.717) is 11.8 Å². The Balaban J connectivity index is 1.90. The van der Waals surface area contributed by atoms with E-state index >= 15 is 0 Å². The number of hydrogen-bond acceptors (Lipinski definition) is 5. The van der Waals surface area contributed by atoms with Crippen molar-refractivity contribution < 1.29 is 0 Å². The zero-order valence-electron chi connectivity index (χ0n) is 14.5. The zero-order chi connectivity index (χ0) is 17.8. The van der Waals surface area contributed by atoms with Crippen LogP contribution in [-0.2, 0) is 0 Å². The molecule has 0 saturated heterocycles. The summed E-state index contributed by atoms with van der Waals surface area (Å²) in [6, 6.07) is 14.4. The average molecular weight is 398 g/mol. The number of benzene rings is 2. The molecule has 3 aromatic rings. The normalized spacial score (nSPS) is 10.6. The van der Waals surface area contributed by atoms with Gasteiger partial charge in [-0.1, -0.05) is 18.2 Å². The third-order valence-electron chi connectivity index (χ3n) is 3.81. The molecule has 25 heavy (non-hydrogen) atoms. The smallest absolute Gasteiger partial charge is 0.251 e. The molecular formula is C19H20BrN5. The highest BCUT2D eigenvalue weighted by Crippen LogP contribution is 2.27. The van der Waals surface area contributed by atoms with Gasteiger partial charge in [0.25, 0.3) is 5.95 Å². The molecule has 6 heteroatoms. The molecule has 3 rings (SSSR count). The molecule has 0 atom stereocenters. The molecule has 1 heterocycles. The molecule has 0 bridgehead atoms. The second kappa shape index (κ2) is 7.61. The van der Waals surface area contributed by atoms with Crippen molar-refractivity contribution in [1.29, 1.82) is 0 Å². The third-order valence-corrected chi connectivity index (χ3v) is 4.46. The fourth-order valence-corrected chi connectivity index (χ4v) is 3.16. The van der Waals surface area contributed by atoms with Crippen molar-refractivity contribution in [3.8, 4) is 0 Å². The first kappa shape index (κ1) is 17.4. The van der Waals surface area contributed by atoms with Crippen molar-refractivity contribution >= 4 is 39.1 Å². The Bertz CT molecular complexity index is 881. The first-order chi connectivity index (χ1) is 12.1. The Morgan fingerprint density at radius 3 is 2.60 bits per heavy atom. The lowest BCUT2D eigenvalue weighted by atomic mass is 10.2. The topological polar surface area (TPSA) is 53.9 Å². The number of aromatic nitrogens is 3. The predicted octanol–water partition coefficient (Wildman–Crippen LogP) is 5.15. The SMILES string of the molecule is CCN(c1cccc(C)c1)c1nncc(Nc2ccc(C)cc2Br)n1. The summed E-state index contributed by atoms with van der Waals surface area (Å²) in [5, 5.41) is 11.6. The zero-order valence-corrected chi connectivity index (χ0v) is 16.1. The molecule has 0 saturated carbocycles. The van der Waals surface area contributed by atoms with Gasteiger partial charge in [-0.2, -0.15) is 10.1 Å². The van der Waals surface area contributed by atoms with E-state index in [1.165, 1.54) is 11.1 Å². The Morgan fingerprint density at radius 2 is 1.88 bits per heavy atom. The maximum absolute atomic E-state index is 4.63. The van der Waals surface area contributed by atoms with Crippen LogP contribution in [0.2, 0.25) is 0 Å². The van der Waals surface area contributed by atoms with Crippen molar-refractivity contribution in [2.45, 2.75) is 20.8 Å². The summed E-state index contributed by atoms with van der Waals surface area (Å²) in [7, 11) is 0. The van der Waals surface area contributed by atoms with Gasteiger partial charge >= 0.3 is 0 Å². The van der Waals surface area contributed by atoms with Gasteiger partial charge < -0.3 is 10.2 Å². The van der Waals surface area contributed by atoms with Crippen LogP contribution in [0.15, 0.2) is 53.1 Å². The maximum Gasteiger partial charge on any atom is 0.251 e. The number of hydrogen-bond donors (Lipinski definition) is 1. The number of nitrogens with one attached hydrogen (secondary N) is 1. The maximum atomic E-state index is 4.63. The molecule has 2 aromatic carbocycles. The van der Waals surface area contributed by atoms with Gasteiger partial charge in [-0.05, 0) is 72.1 Å². The Kier molecular flexibility index (Phi) is 5.28. The second-order valence-electron chi connectivity index (χ2n) is 5.83. The van der Waals surface area contributed by atoms with Gasteiger partial charge in [0.05, 0.1) is 11.9 Å². The van der Waals surface area contributed by atoms with E-state index in [0.717, 1.165) is 22.4 Å². The van der Waals surface area contributed by atoms with Gasteiger partial charge in [-0.3, -0.25) is 0 Å². The molecule has 0 unspecified atom stereocenters. The third kappa shape index (κ3) is 4.14. The molecule has 0 aliphatic heterocycles. The minimum absolute atomic E-state index is 0.571. The second-order valence-corrected chi connectivity index (χ2v) is 6.69. The molecule has 0 aliphatic carbocycles. The van der Waals surface area contributed by atoms with Crippen LogP contribution in [0.4, 0.5) is 23.1 Å². The monoisotopic (exact) mass is 397 g/mol. The van der Waals surface area contributed by atoms with Crippen LogP contribution in [0.3, 0.4) is 0 Å². The highest BCUT2D eigenvalue weighted by atomic mass is 79.9. The van der Waals surface area contributed by atoms with Gasteiger partial charge in [0, 0.05) is 16.7 Å². The molecule has 0 amide bonds. The standard InChI is InChI=1S/C19H20BrN5/c1-4-25(15-7-5-6-13(2)10-15)19-23-18(12-21-24-19)22-17-9-8-14(3)11-16(17)20/h5-12H,4H2,1-3H3,(H,22,23,24). The lowest BCUT2D eigenvalue weighted by molar-refractivity contribution is 0.886. The van der Waals surface area contributed by atoms with Crippen LogP contribution in [0.25, 0.3) is 0 Å². The summed E-state index contributed by atoms with van der Waals surface area (Å²) < 4.78 is 0.985. The molecule has 1 N–H and O–H groups in total. The summed E-state index contributed by atoms with van der Waals surface area (Å²) in [5.41, 5.74) is 4.38. The van der Waals surface area contributed by atoms with Gasteiger partial charge in [-0.25, -0.2) is 0 Å². The highest BCUT2D eigenvalue weighted by molar-refractivity contribution is 9.10. The van der Waals surface area contributed by atoms with E-state index in [4.69, 9.17) is 0 Å². The van der Waals surface area contributed by atoms with E-state index in [2.05, 4.69) is 81.5 Å². The van der Waals surface area contributed by atoms with Crippen molar-refractivity contribution in [1.82, 2.24) is 15.2 Å². The van der Waals surface area contributed by atoms with Crippen LogP contribution < -0.4 is 10.2 Å². The van der Waals surface area contributed by atoms with E-state index in [1.54, 1.807) is 6.20 Å². The Hall–Kier alpha value is -2.47. The van der Waals surface area contributed by atoms with Crippen LogP contribution in [0.1, 0.15) is 18.1 Å². The van der Waals surface area contributed by atoms with Crippen molar-refractivity contribution in [2.75, 3.05) is 16.8 Å². The summed E-state index contributed by atoms with van der Waals surface area (Å²) in [6.07, 6.45) is 1.62. The summed E-state index contributed by atoms with van der Waals surface area (Å²) in [5.74, 6) is 1.22. The molecule has 1 aromatic heterocycles. The molecular weight excluding hydrogens is 378 g/mol. The number of nitrogens with zero attached hydrogens (tertiary/aromatic N) is 4. The Morgan fingerprint density at radius 1 is 1.08 bits per heavy atom. The molecule has 128 valence electrons. The largest absolute Gasteiger partial charge is 0.338 e. The predicted molar refractivity (Wildman–Crippen MR) is 106 cm³/mol. The molecule has 0 aliphatic rings. The van der Waals surface area contributed by atoms with E-state index in [1.807, 2.05) is 23.1 Å². The van der Waals surface area contributed by atoms with Crippen LogP contribution in [0, 0.1) is 13.8 Å². The molecule has 0 fully saturated rings. The summed E-state index contributed by atoms with van der Waals surface area (Å²) in [6.45, 7) is 6.95. The summed E-state index contributed by atoms with van der Waals surface area (Å²) in [4.78, 5) is 6.67. The number of anilines is 4. The van der Waals surface area contributed by atoms with Gasteiger partial charge in [0.15, 0.2) is 5.82 Å². The van der Waals surface area contributed by atoms with Gasteiger partial charge in [0.1, 0.15) is 0 Å². The molecule has 0 spiro atoms. The fourth-order valence-electron chi connectivity index (χ4n) is 2.56. The van der Waals surface area contributed by atoms with E-state index in [9.17, 15) is 0 Å².